The minimum Gasteiger partial charge on any atom is -0.496 e. The molecule has 4 nitrogen and oxygen atoms in total. The van der Waals surface area contributed by atoms with E-state index in [-0.39, 0.29) is 0 Å². The number of nitrogens with two attached hydrogens (primary N) is 1. The van der Waals surface area contributed by atoms with Crippen LogP contribution in [0.25, 0.3) is 0 Å². The van der Waals surface area contributed by atoms with Crippen LogP contribution in [0.1, 0.15) is 11.1 Å². The van der Waals surface area contributed by atoms with Crippen molar-refractivity contribution in [3.05, 3.63) is 28.3 Å². The van der Waals surface area contributed by atoms with Gasteiger partial charge in [-0.1, -0.05) is 11.6 Å². The third-order valence-electron chi connectivity index (χ3n) is 2.32. The van der Waals surface area contributed by atoms with E-state index in [9.17, 15) is 0 Å². The fourth-order valence-electron chi connectivity index (χ4n) is 1.71. The van der Waals surface area contributed by atoms with Crippen LogP contribution in [0.2, 0.25) is 5.02 Å². The molecule has 0 aliphatic carbocycles. The Morgan fingerprint density at radius 1 is 1.50 bits per heavy atom. The van der Waals surface area contributed by atoms with Crippen LogP contribution in [0.3, 0.4) is 0 Å². The molecule has 0 atom stereocenters. The van der Waals surface area contributed by atoms with Crippen LogP contribution >= 0.6 is 11.6 Å². The summed E-state index contributed by atoms with van der Waals surface area (Å²) in [6.45, 7) is 3.32. The summed E-state index contributed by atoms with van der Waals surface area (Å²) in [6.07, 6.45) is 0. The predicted molar refractivity (Wildman–Crippen MR) is 66.4 cm³/mol. The average molecular weight is 244 g/mol. The van der Waals surface area contributed by atoms with Crippen molar-refractivity contribution in [2.75, 3.05) is 20.8 Å². The molecule has 0 radical (unpaired) electrons. The van der Waals surface area contributed by atoms with Crippen LogP contribution < -0.4 is 16.0 Å². The Labute approximate surface area is 101 Å². The van der Waals surface area contributed by atoms with Crippen molar-refractivity contribution in [2.24, 2.45) is 5.84 Å². The number of hydrazine groups is 1. The number of hydrogen-bond acceptors (Lipinski definition) is 4. The van der Waals surface area contributed by atoms with Gasteiger partial charge in [-0.15, -0.1) is 0 Å². The molecule has 0 spiro atoms. The monoisotopic (exact) mass is 243 g/mol. The van der Waals surface area contributed by atoms with Gasteiger partial charge in [0.05, 0.1) is 13.8 Å². The number of nitrogens with one attached hydrogen (secondary N) is 1. The highest BCUT2D eigenvalue weighted by molar-refractivity contribution is 6.30. The number of aryl methyl sites for hydroxylation is 1. The molecule has 0 saturated heterocycles. The first-order valence-corrected chi connectivity index (χ1v) is 5.41. The van der Waals surface area contributed by atoms with Crippen LogP contribution in [0.15, 0.2) is 12.1 Å². The molecule has 0 heterocycles. The number of nitrogens with zero attached hydrogens (tertiary/aromatic N) is 1. The minimum absolute atomic E-state index is 0.606. The third-order valence-corrected chi connectivity index (χ3v) is 2.54. The van der Waals surface area contributed by atoms with Crippen molar-refractivity contribution in [1.82, 2.24) is 10.3 Å². The van der Waals surface area contributed by atoms with Crippen molar-refractivity contribution in [3.8, 4) is 5.75 Å². The van der Waals surface area contributed by atoms with Gasteiger partial charge in [0.25, 0.3) is 0 Å². The van der Waals surface area contributed by atoms with Gasteiger partial charge in [0.1, 0.15) is 5.75 Å². The van der Waals surface area contributed by atoms with E-state index in [2.05, 4.69) is 5.43 Å². The van der Waals surface area contributed by atoms with Crippen molar-refractivity contribution < 1.29 is 4.74 Å². The summed E-state index contributed by atoms with van der Waals surface area (Å²) in [5.41, 5.74) is 4.71. The number of ether oxygens (including phenoxy) is 1. The second-order valence-electron chi connectivity index (χ2n) is 3.79. The maximum Gasteiger partial charge on any atom is 0.126 e. The second kappa shape index (κ2) is 6.06. The lowest BCUT2D eigenvalue weighted by Gasteiger charge is -2.19. The van der Waals surface area contributed by atoms with E-state index in [0.29, 0.717) is 6.67 Å². The Balaban J connectivity index is 2.93. The number of methoxy groups -OCH3 is 1. The zero-order valence-corrected chi connectivity index (χ0v) is 10.6. The highest BCUT2D eigenvalue weighted by Gasteiger charge is 2.10. The molecule has 0 saturated carbocycles. The molecule has 1 aromatic rings. The van der Waals surface area contributed by atoms with Crippen LogP contribution in [0.5, 0.6) is 5.75 Å². The molecule has 0 aliphatic rings. The SMILES string of the molecule is COc1c(C)cc(Cl)cc1CN(C)CNN. The standard InChI is InChI=1S/C11H18ClN3O/c1-8-4-10(12)5-9(11(8)16-3)6-15(2)7-14-13/h4-5,14H,6-7,13H2,1-3H3. The maximum atomic E-state index is 6.03. The van der Waals surface area contributed by atoms with E-state index in [0.717, 1.165) is 28.4 Å². The summed E-state index contributed by atoms with van der Waals surface area (Å²) < 4.78 is 5.37. The molecular weight excluding hydrogens is 226 g/mol. The normalized spacial score (nSPS) is 10.9. The van der Waals surface area contributed by atoms with Crippen LogP contribution in [-0.2, 0) is 6.54 Å². The summed E-state index contributed by atoms with van der Waals surface area (Å²) in [6, 6.07) is 3.81. The van der Waals surface area contributed by atoms with E-state index < -0.39 is 0 Å². The second-order valence-corrected chi connectivity index (χ2v) is 4.23. The summed E-state index contributed by atoms with van der Waals surface area (Å²) in [7, 11) is 3.64. The van der Waals surface area contributed by atoms with Gasteiger partial charge in [-0.3, -0.25) is 10.7 Å². The van der Waals surface area contributed by atoms with Gasteiger partial charge in [0.15, 0.2) is 0 Å². The number of benzene rings is 1. The Bertz CT molecular complexity index is 357. The van der Waals surface area contributed by atoms with Crippen molar-refractivity contribution >= 4 is 11.6 Å². The third kappa shape index (κ3) is 3.35. The highest BCUT2D eigenvalue weighted by atomic mass is 35.5. The van der Waals surface area contributed by atoms with Gasteiger partial charge >= 0.3 is 0 Å². The van der Waals surface area contributed by atoms with E-state index in [1.807, 2.05) is 31.0 Å². The first-order chi connectivity index (χ1) is 7.58. The summed E-state index contributed by atoms with van der Waals surface area (Å²) in [4.78, 5) is 2.04. The van der Waals surface area contributed by atoms with Gasteiger partial charge in [-0.25, -0.2) is 5.43 Å². The number of rotatable bonds is 5. The average Bonchev–Trinajstić information content (AvgIpc) is 2.17. The largest absolute Gasteiger partial charge is 0.496 e. The summed E-state index contributed by atoms with van der Waals surface area (Å²) in [5, 5.41) is 0.724. The molecule has 1 aromatic carbocycles. The Kier molecular flexibility index (Phi) is 5.02. The number of hydrogen-bond donors (Lipinski definition) is 2. The summed E-state index contributed by atoms with van der Waals surface area (Å²) >= 11 is 6.03. The van der Waals surface area contributed by atoms with Crippen molar-refractivity contribution in [3.63, 3.8) is 0 Å². The van der Waals surface area contributed by atoms with Crippen molar-refractivity contribution in [1.29, 1.82) is 0 Å². The topological polar surface area (TPSA) is 50.5 Å². The quantitative estimate of drug-likeness (QED) is 0.468. The molecular formula is C11H18ClN3O. The smallest absolute Gasteiger partial charge is 0.126 e. The van der Waals surface area contributed by atoms with Crippen LogP contribution in [0.4, 0.5) is 0 Å². The highest BCUT2D eigenvalue weighted by Crippen LogP contribution is 2.28. The molecule has 0 fully saturated rings. The van der Waals surface area contributed by atoms with Gasteiger partial charge in [-0.05, 0) is 31.7 Å². The zero-order valence-electron chi connectivity index (χ0n) is 9.88. The molecule has 16 heavy (non-hydrogen) atoms. The van der Waals surface area contributed by atoms with Gasteiger partial charge < -0.3 is 4.74 Å². The maximum absolute atomic E-state index is 6.03. The van der Waals surface area contributed by atoms with E-state index in [1.165, 1.54) is 0 Å². The molecule has 0 aliphatic heterocycles. The van der Waals surface area contributed by atoms with E-state index in [1.54, 1.807) is 7.11 Å². The van der Waals surface area contributed by atoms with Gasteiger partial charge in [0, 0.05) is 17.1 Å². The molecule has 90 valence electrons. The lowest BCUT2D eigenvalue weighted by molar-refractivity contribution is 0.294. The predicted octanol–water partition coefficient (Wildman–Crippen LogP) is 1.51. The molecule has 0 bridgehead atoms. The van der Waals surface area contributed by atoms with Crippen LogP contribution in [0, 0.1) is 6.92 Å². The molecule has 5 heteroatoms. The Morgan fingerprint density at radius 2 is 2.19 bits per heavy atom. The zero-order chi connectivity index (χ0) is 12.1. The molecule has 1 rings (SSSR count). The Hall–Kier alpha value is -0.810. The number of halogens is 1. The Morgan fingerprint density at radius 3 is 2.75 bits per heavy atom. The van der Waals surface area contributed by atoms with E-state index >= 15 is 0 Å². The fourth-order valence-corrected chi connectivity index (χ4v) is 2.01. The molecule has 0 amide bonds. The lowest BCUT2D eigenvalue weighted by Crippen LogP contribution is -2.35. The fraction of sp³-hybridized carbons (Fsp3) is 0.455. The first kappa shape index (κ1) is 13.3. The molecule has 0 aromatic heterocycles. The van der Waals surface area contributed by atoms with Crippen molar-refractivity contribution in [2.45, 2.75) is 13.5 Å². The first-order valence-electron chi connectivity index (χ1n) is 5.03. The van der Waals surface area contributed by atoms with Crippen LogP contribution in [-0.4, -0.2) is 25.7 Å². The van der Waals surface area contributed by atoms with Gasteiger partial charge in [0.2, 0.25) is 0 Å². The summed E-state index contributed by atoms with van der Waals surface area (Å²) in [5.74, 6) is 6.15. The van der Waals surface area contributed by atoms with E-state index in [4.69, 9.17) is 22.2 Å². The molecule has 0 unspecified atom stereocenters. The minimum atomic E-state index is 0.606. The lowest BCUT2D eigenvalue weighted by atomic mass is 10.1. The molecule has 3 N–H and O–H groups in total. The van der Waals surface area contributed by atoms with Gasteiger partial charge in [-0.2, -0.15) is 0 Å².